The summed E-state index contributed by atoms with van der Waals surface area (Å²) in [5.74, 6) is 0.105. The van der Waals surface area contributed by atoms with E-state index in [2.05, 4.69) is 19.1 Å². The van der Waals surface area contributed by atoms with Crippen molar-refractivity contribution in [2.75, 3.05) is 11.4 Å². The predicted molar refractivity (Wildman–Crippen MR) is 62.7 cm³/mol. The van der Waals surface area contributed by atoms with Gasteiger partial charge in [0.25, 0.3) is 0 Å². The Hall–Kier alpha value is -1.57. The summed E-state index contributed by atoms with van der Waals surface area (Å²) in [5, 5.41) is 0. The molecule has 0 saturated carbocycles. The van der Waals surface area contributed by atoms with Crippen molar-refractivity contribution in [3.8, 4) is 0 Å². The van der Waals surface area contributed by atoms with E-state index in [1.807, 2.05) is 23.1 Å². The van der Waals surface area contributed by atoms with Crippen molar-refractivity contribution < 1.29 is 4.79 Å². The predicted octanol–water partition coefficient (Wildman–Crippen LogP) is 2.85. The highest BCUT2D eigenvalue weighted by Gasteiger charge is 2.19. The Morgan fingerprint density at radius 1 is 1.40 bits per heavy atom. The molecule has 1 aliphatic rings. The van der Waals surface area contributed by atoms with Gasteiger partial charge in [0.1, 0.15) is 0 Å². The molecule has 2 heteroatoms. The lowest BCUT2D eigenvalue weighted by atomic mass is 9.97. The maximum Gasteiger partial charge on any atom is 0.224 e. The molecule has 1 amide bonds. The van der Waals surface area contributed by atoms with Crippen LogP contribution in [0.3, 0.4) is 0 Å². The zero-order chi connectivity index (χ0) is 10.8. The van der Waals surface area contributed by atoms with Crippen LogP contribution in [0.2, 0.25) is 0 Å². The number of carbonyl (C=O) groups excluding carboxylic acids is 1. The normalized spacial score (nSPS) is 14.5. The van der Waals surface area contributed by atoms with E-state index in [-0.39, 0.29) is 5.91 Å². The van der Waals surface area contributed by atoms with Crippen molar-refractivity contribution in [1.29, 1.82) is 0 Å². The number of nitrogens with zero attached hydrogens (tertiary/aromatic N) is 1. The standard InChI is InChI=1S/C13H15NO/c1-3-11-8-9-14(10(2)15)13-7-5-4-6-12(11)13/h4-8H,3,9H2,1-2H3. The second-order valence-corrected chi connectivity index (χ2v) is 3.73. The summed E-state index contributed by atoms with van der Waals surface area (Å²) in [6, 6.07) is 8.10. The zero-order valence-electron chi connectivity index (χ0n) is 9.16. The van der Waals surface area contributed by atoms with E-state index in [4.69, 9.17) is 0 Å². The van der Waals surface area contributed by atoms with Crippen LogP contribution in [-0.4, -0.2) is 12.5 Å². The highest BCUT2D eigenvalue weighted by atomic mass is 16.2. The van der Waals surface area contributed by atoms with Crippen LogP contribution in [0.4, 0.5) is 5.69 Å². The van der Waals surface area contributed by atoms with Crippen LogP contribution in [0.15, 0.2) is 30.3 Å². The molecule has 1 heterocycles. The van der Waals surface area contributed by atoms with Gasteiger partial charge in [-0.3, -0.25) is 4.79 Å². The number of fused-ring (bicyclic) bond motifs is 1. The molecule has 0 radical (unpaired) electrons. The van der Waals surface area contributed by atoms with Gasteiger partial charge in [0, 0.05) is 19.0 Å². The molecule has 1 aliphatic heterocycles. The van der Waals surface area contributed by atoms with E-state index >= 15 is 0 Å². The van der Waals surface area contributed by atoms with Gasteiger partial charge in [-0.05, 0) is 18.1 Å². The molecule has 0 aromatic heterocycles. The Balaban J connectivity index is 2.51. The average molecular weight is 201 g/mol. The second kappa shape index (κ2) is 3.89. The van der Waals surface area contributed by atoms with Crippen LogP contribution < -0.4 is 4.90 Å². The third-order valence-electron chi connectivity index (χ3n) is 2.82. The summed E-state index contributed by atoms with van der Waals surface area (Å²) in [7, 11) is 0. The minimum absolute atomic E-state index is 0.105. The molecular weight excluding hydrogens is 186 g/mol. The average Bonchev–Trinajstić information content (AvgIpc) is 2.27. The molecule has 2 nitrogen and oxygen atoms in total. The summed E-state index contributed by atoms with van der Waals surface area (Å²) in [6.45, 7) is 4.46. The summed E-state index contributed by atoms with van der Waals surface area (Å²) >= 11 is 0. The van der Waals surface area contributed by atoms with Gasteiger partial charge in [-0.2, -0.15) is 0 Å². The van der Waals surface area contributed by atoms with E-state index in [9.17, 15) is 4.79 Å². The molecule has 0 N–H and O–H groups in total. The first kappa shape index (κ1) is 9.97. The third-order valence-corrected chi connectivity index (χ3v) is 2.82. The fourth-order valence-corrected chi connectivity index (χ4v) is 2.02. The maximum absolute atomic E-state index is 11.5. The van der Waals surface area contributed by atoms with Crippen LogP contribution in [0, 0.1) is 0 Å². The van der Waals surface area contributed by atoms with Gasteiger partial charge in [-0.25, -0.2) is 0 Å². The van der Waals surface area contributed by atoms with Crippen LogP contribution in [0.1, 0.15) is 25.8 Å². The summed E-state index contributed by atoms with van der Waals surface area (Å²) in [5.41, 5.74) is 3.58. The van der Waals surface area contributed by atoms with Gasteiger partial charge in [0.05, 0.1) is 5.69 Å². The molecular formula is C13H15NO. The minimum Gasteiger partial charge on any atom is -0.308 e. The number of allylic oxidation sites excluding steroid dienone is 1. The Bertz CT molecular complexity index is 420. The number of para-hydroxylation sites is 1. The summed E-state index contributed by atoms with van der Waals surface area (Å²) < 4.78 is 0. The molecule has 0 unspecified atom stereocenters. The van der Waals surface area contributed by atoms with Crippen molar-refractivity contribution in [2.24, 2.45) is 0 Å². The molecule has 15 heavy (non-hydrogen) atoms. The molecule has 0 spiro atoms. The molecule has 1 aromatic carbocycles. The molecule has 1 aromatic rings. The van der Waals surface area contributed by atoms with E-state index in [0.29, 0.717) is 6.54 Å². The summed E-state index contributed by atoms with van der Waals surface area (Å²) in [6.07, 6.45) is 3.16. The Morgan fingerprint density at radius 3 is 2.80 bits per heavy atom. The van der Waals surface area contributed by atoms with Crippen molar-refractivity contribution in [1.82, 2.24) is 0 Å². The van der Waals surface area contributed by atoms with Crippen molar-refractivity contribution >= 4 is 17.2 Å². The summed E-state index contributed by atoms with van der Waals surface area (Å²) in [4.78, 5) is 13.3. The van der Waals surface area contributed by atoms with Gasteiger partial charge in [-0.15, -0.1) is 0 Å². The lowest BCUT2D eigenvalue weighted by Crippen LogP contribution is -2.31. The Labute approximate surface area is 90.2 Å². The van der Waals surface area contributed by atoms with Gasteiger partial charge in [0.2, 0.25) is 5.91 Å². The van der Waals surface area contributed by atoms with Crippen molar-refractivity contribution in [3.05, 3.63) is 35.9 Å². The first-order chi connectivity index (χ1) is 7.24. The molecule has 0 fully saturated rings. The quantitative estimate of drug-likeness (QED) is 0.684. The second-order valence-electron chi connectivity index (χ2n) is 3.73. The van der Waals surface area contributed by atoms with Crippen molar-refractivity contribution in [3.63, 3.8) is 0 Å². The number of hydrogen-bond acceptors (Lipinski definition) is 1. The van der Waals surface area contributed by atoms with Crippen LogP contribution in [0.25, 0.3) is 5.57 Å². The monoisotopic (exact) mass is 201 g/mol. The first-order valence-corrected chi connectivity index (χ1v) is 5.30. The topological polar surface area (TPSA) is 20.3 Å². The molecule has 0 saturated heterocycles. The third kappa shape index (κ3) is 1.67. The van der Waals surface area contributed by atoms with Crippen LogP contribution >= 0.6 is 0 Å². The minimum atomic E-state index is 0.105. The fourth-order valence-electron chi connectivity index (χ4n) is 2.02. The maximum atomic E-state index is 11.5. The highest BCUT2D eigenvalue weighted by Crippen LogP contribution is 2.32. The number of benzene rings is 1. The largest absolute Gasteiger partial charge is 0.308 e. The molecule has 0 atom stereocenters. The fraction of sp³-hybridized carbons (Fsp3) is 0.308. The Morgan fingerprint density at radius 2 is 2.13 bits per heavy atom. The first-order valence-electron chi connectivity index (χ1n) is 5.30. The van der Waals surface area contributed by atoms with E-state index in [1.165, 1.54) is 11.1 Å². The number of anilines is 1. The van der Waals surface area contributed by atoms with Crippen molar-refractivity contribution in [2.45, 2.75) is 20.3 Å². The molecule has 0 aliphatic carbocycles. The number of hydrogen-bond donors (Lipinski definition) is 0. The SMILES string of the molecule is CCC1=CCN(C(C)=O)c2ccccc21. The van der Waals surface area contributed by atoms with E-state index in [0.717, 1.165) is 12.1 Å². The molecule has 2 rings (SSSR count). The van der Waals surface area contributed by atoms with E-state index in [1.54, 1.807) is 6.92 Å². The Kier molecular flexibility index (Phi) is 2.58. The number of carbonyl (C=O) groups is 1. The smallest absolute Gasteiger partial charge is 0.224 e. The molecule has 78 valence electrons. The lowest BCUT2D eigenvalue weighted by Gasteiger charge is -2.28. The number of rotatable bonds is 1. The lowest BCUT2D eigenvalue weighted by molar-refractivity contribution is -0.116. The van der Waals surface area contributed by atoms with Gasteiger partial charge >= 0.3 is 0 Å². The molecule has 0 bridgehead atoms. The number of amides is 1. The van der Waals surface area contributed by atoms with Gasteiger partial charge in [-0.1, -0.05) is 31.2 Å². The van der Waals surface area contributed by atoms with Crippen LogP contribution in [-0.2, 0) is 4.79 Å². The van der Waals surface area contributed by atoms with Gasteiger partial charge < -0.3 is 4.90 Å². The van der Waals surface area contributed by atoms with E-state index < -0.39 is 0 Å². The highest BCUT2D eigenvalue weighted by molar-refractivity contribution is 5.97. The van der Waals surface area contributed by atoms with Gasteiger partial charge in [0.15, 0.2) is 0 Å². The van der Waals surface area contributed by atoms with Crippen LogP contribution in [0.5, 0.6) is 0 Å². The zero-order valence-corrected chi connectivity index (χ0v) is 9.16.